The van der Waals surface area contributed by atoms with E-state index >= 15 is 0 Å². The molecule has 3 rings (SSSR count). The van der Waals surface area contributed by atoms with Gasteiger partial charge in [0.25, 0.3) is 0 Å². The molecule has 224 valence electrons. The van der Waals surface area contributed by atoms with Crippen LogP contribution in [0.5, 0.6) is 0 Å². The van der Waals surface area contributed by atoms with Gasteiger partial charge >= 0.3 is 10.4 Å². The van der Waals surface area contributed by atoms with Gasteiger partial charge in [-0.25, -0.2) is 4.18 Å². The summed E-state index contributed by atoms with van der Waals surface area (Å²) in [7, 11) is -5.03. The maximum absolute atomic E-state index is 11.0. The van der Waals surface area contributed by atoms with E-state index in [9.17, 15) is 59.5 Å². The van der Waals surface area contributed by atoms with Crippen LogP contribution in [0.3, 0.4) is 0 Å². The van der Waals surface area contributed by atoms with E-state index in [4.69, 9.17) is 28.2 Å². The van der Waals surface area contributed by atoms with E-state index in [-0.39, 0.29) is 0 Å². The zero-order valence-electron chi connectivity index (χ0n) is 19.4. The van der Waals surface area contributed by atoms with Crippen LogP contribution < -0.4 is 0 Å². The van der Waals surface area contributed by atoms with Crippen molar-refractivity contribution in [2.24, 2.45) is 0 Å². The van der Waals surface area contributed by atoms with Crippen molar-refractivity contribution in [3.8, 4) is 0 Å². The lowest BCUT2D eigenvalue weighted by molar-refractivity contribution is -0.378. The average molecular weight is 585 g/mol. The Kier molecular flexibility index (Phi) is 10.7. The molecular weight excluding hydrogens is 552 g/mol. The highest BCUT2D eigenvalue weighted by atomic mass is 32.3. The normalized spacial score (nSPS) is 48.7. The molecule has 0 aliphatic carbocycles. The van der Waals surface area contributed by atoms with Gasteiger partial charge in [0.2, 0.25) is 0 Å². The molecule has 0 radical (unpaired) electrons. The van der Waals surface area contributed by atoms with Crippen molar-refractivity contribution < 1.29 is 91.9 Å². The second-order valence-corrected chi connectivity index (χ2v) is 9.96. The molecule has 3 fully saturated rings. The van der Waals surface area contributed by atoms with Crippen LogP contribution in [0.25, 0.3) is 0 Å². The van der Waals surface area contributed by atoms with E-state index in [0.29, 0.717) is 0 Å². The summed E-state index contributed by atoms with van der Waals surface area (Å²) >= 11 is 0. The Balaban J connectivity index is 1.81. The molecule has 38 heavy (non-hydrogen) atoms. The van der Waals surface area contributed by atoms with Crippen molar-refractivity contribution >= 4 is 10.4 Å². The minimum atomic E-state index is -5.03. The number of aliphatic hydroxyl groups excluding tert-OH is 10. The van der Waals surface area contributed by atoms with Gasteiger partial charge in [-0.15, -0.1) is 0 Å². The molecule has 3 aliphatic rings. The number of ether oxygens (including phenoxy) is 5. The van der Waals surface area contributed by atoms with E-state index in [2.05, 4.69) is 4.18 Å². The van der Waals surface area contributed by atoms with Crippen molar-refractivity contribution in [3.63, 3.8) is 0 Å². The molecule has 0 amide bonds. The molecule has 0 aromatic carbocycles. The largest absolute Gasteiger partial charge is 0.397 e. The Morgan fingerprint density at radius 1 is 0.579 bits per heavy atom. The van der Waals surface area contributed by atoms with E-state index in [0.717, 1.165) is 0 Å². The molecule has 15 atom stereocenters. The molecule has 11 N–H and O–H groups in total. The van der Waals surface area contributed by atoms with Gasteiger partial charge in [0, 0.05) is 0 Å². The van der Waals surface area contributed by atoms with Crippen LogP contribution in [0.2, 0.25) is 0 Å². The van der Waals surface area contributed by atoms with Crippen LogP contribution in [0.4, 0.5) is 0 Å². The highest BCUT2D eigenvalue weighted by Gasteiger charge is 2.53. The van der Waals surface area contributed by atoms with Crippen LogP contribution in [0.15, 0.2) is 0 Å². The SMILES string of the molecule is O=S(=O)(O)OC[C@H]1O[C@@H](O)C(O)C(O)C1OC1OC(CO)C(O)C(OC2OC(CO)C(O)C(O)C2O)C1O. The lowest BCUT2D eigenvalue weighted by Crippen LogP contribution is -2.66. The van der Waals surface area contributed by atoms with Gasteiger partial charge in [-0.1, -0.05) is 0 Å². The van der Waals surface area contributed by atoms with E-state index in [1.54, 1.807) is 0 Å². The highest BCUT2D eigenvalue weighted by Crippen LogP contribution is 2.32. The van der Waals surface area contributed by atoms with Crippen molar-refractivity contribution in [1.29, 1.82) is 0 Å². The Morgan fingerprint density at radius 3 is 1.66 bits per heavy atom. The number of rotatable bonds is 9. The molecule has 19 nitrogen and oxygen atoms in total. The van der Waals surface area contributed by atoms with Crippen LogP contribution in [0, 0.1) is 0 Å². The molecular formula is C18H32O19S. The molecule has 13 unspecified atom stereocenters. The zero-order valence-corrected chi connectivity index (χ0v) is 20.2. The molecule has 0 aromatic rings. The molecule has 0 bridgehead atoms. The fraction of sp³-hybridized carbons (Fsp3) is 1.00. The Morgan fingerprint density at radius 2 is 1.11 bits per heavy atom. The molecule has 20 heteroatoms. The Labute approximate surface area is 214 Å². The minimum Gasteiger partial charge on any atom is -0.394 e. The van der Waals surface area contributed by atoms with E-state index in [1.807, 2.05) is 0 Å². The van der Waals surface area contributed by atoms with Crippen molar-refractivity contribution in [1.82, 2.24) is 0 Å². The van der Waals surface area contributed by atoms with E-state index < -0.39 is 122 Å². The van der Waals surface area contributed by atoms with E-state index in [1.165, 1.54) is 0 Å². The summed E-state index contributed by atoms with van der Waals surface area (Å²) in [4.78, 5) is 0. The maximum atomic E-state index is 11.0. The first-order valence-corrected chi connectivity index (χ1v) is 12.6. The first-order chi connectivity index (χ1) is 17.7. The van der Waals surface area contributed by atoms with Crippen molar-refractivity contribution in [3.05, 3.63) is 0 Å². The summed E-state index contributed by atoms with van der Waals surface area (Å²) in [5, 5.41) is 101. The van der Waals surface area contributed by atoms with Crippen LogP contribution in [-0.4, -0.2) is 176 Å². The van der Waals surface area contributed by atoms with Gasteiger partial charge in [0.15, 0.2) is 18.9 Å². The minimum absolute atomic E-state index is 0.810. The topological polar surface area (TPSA) is 312 Å². The van der Waals surface area contributed by atoms with Gasteiger partial charge in [-0.3, -0.25) is 4.55 Å². The highest BCUT2D eigenvalue weighted by molar-refractivity contribution is 7.80. The molecule has 3 saturated heterocycles. The van der Waals surface area contributed by atoms with Crippen LogP contribution in [-0.2, 0) is 38.3 Å². The molecule has 0 aromatic heterocycles. The van der Waals surface area contributed by atoms with Gasteiger partial charge < -0.3 is 74.7 Å². The monoisotopic (exact) mass is 584 g/mol. The molecule has 0 spiro atoms. The standard InChI is InChI=1S/C18H32O19S/c19-1-4-7(21)9(23)12(26)17(34-4)37-15-8(22)5(2-20)35-18(13(15)27)36-14-6(3-32-38(29,30)31)33-16(28)11(25)10(14)24/h4-28H,1-3H2,(H,29,30,31)/t4?,5?,6-,7?,8?,9?,10?,11?,12?,13?,14?,15?,16-,17?,18?/m1/s1. The first-order valence-electron chi connectivity index (χ1n) is 11.3. The second kappa shape index (κ2) is 12.8. The maximum Gasteiger partial charge on any atom is 0.397 e. The third-order valence-corrected chi connectivity index (χ3v) is 6.73. The molecule has 3 heterocycles. The Hall–Kier alpha value is -0.730. The third kappa shape index (κ3) is 6.94. The lowest BCUT2D eigenvalue weighted by Gasteiger charge is -2.48. The summed E-state index contributed by atoms with van der Waals surface area (Å²) in [5.41, 5.74) is 0. The summed E-state index contributed by atoms with van der Waals surface area (Å²) in [5.74, 6) is 0. The number of aliphatic hydroxyl groups is 10. The van der Waals surface area contributed by atoms with Crippen molar-refractivity contribution in [2.45, 2.75) is 92.1 Å². The second-order valence-electron chi connectivity index (χ2n) is 8.86. The molecule has 3 aliphatic heterocycles. The van der Waals surface area contributed by atoms with Crippen LogP contribution >= 0.6 is 0 Å². The van der Waals surface area contributed by atoms with Crippen molar-refractivity contribution in [2.75, 3.05) is 19.8 Å². The number of hydrogen-bond acceptors (Lipinski definition) is 18. The zero-order chi connectivity index (χ0) is 28.5. The number of hydrogen-bond donors (Lipinski definition) is 11. The lowest BCUT2D eigenvalue weighted by atomic mass is 9.96. The average Bonchev–Trinajstić information content (AvgIpc) is 2.86. The van der Waals surface area contributed by atoms with Gasteiger partial charge in [-0.2, -0.15) is 8.42 Å². The predicted molar refractivity (Wildman–Crippen MR) is 112 cm³/mol. The third-order valence-electron chi connectivity index (χ3n) is 6.29. The first kappa shape index (κ1) is 31.8. The van der Waals surface area contributed by atoms with Gasteiger partial charge in [-0.05, 0) is 0 Å². The van der Waals surface area contributed by atoms with Gasteiger partial charge in [0.1, 0.15) is 73.2 Å². The predicted octanol–water partition coefficient (Wildman–Crippen LogP) is -7.75. The fourth-order valence-corrected chi connectivity index (χ4v) is 4.50. The summed E-state index contributed by atoms with van der Waals surface area (Å²) in [6.07, 6.45) is -27.6. The molecule has 0 saturated carbocycles. The summed E-state index contributed by atoms with van der Waals surface area (Å²) < 4.78 is 61.2. The van der Waals surface area contributed by atoms with Gasteiger partial charge in [0.05, 0.1) is 19.8 Å². The summed E-state index contributed by atoms with van der Waals surface area (Å²) in [6.45, 7) is -2.76. The van der Waals surface area contributed by atoms with Crippen LogP contribution in [0.1, 0.15) is 0 Å². The quantitative estimate of drug-likeness (QED) is 0.112. The Bertz CT molecular complexity index is 859. The smallest absolute Gasteiger partial charge is 0.394 e. The fourth-order valence-electron chi connectivity index (χ4n) is 4.19. The summed E-state index contributed by atoms with van der Waals surface area (Å²) in [6, 6.07) is 0.